The smallest absolute Gasteiger partial charge is 0.341 e. The first-order valence-corrected chi connectivity index (χ1v) is 9.48. The van der Waals surface area contributed by atoms with Crippen molar-refractivity contribution in [1.82, 2.24) is 4.57 Å². The summed E-state index contributed by atoms with van der Waals surface area (Å²) in [6.45, 7) is 7.41. The lowest BCUT2D eigenvalue weighted by atomic mass is 9.92. The number of rotatable bonds is 3. The van der Waals surface area contributed by atoms with Crippen LogP contribution in [0.4, 0.5) is 10.1 Å². The Morgan fingerprint density at radius 2 is 2.11 bits per heavy atom. The Kier molecular flexibility index (Phi) is 4.33. The highest BCUT2D eigenvalue weighted by atomic mass is 19.1. The highest BCUT2D eigenvalue weighted by Crippen LogP contribution is 2.43. The summed E-state index contributed by atoms with van der Waals surface area (Å²) in [5.41, 5.74) is 5.94. The zero-order valence-corrected chi connectivity index (χ0v) is 16.1. The molecule has 2 aliphatic heterocycles. The zero-order valence-electron chi connectivity index (χ0n) is 16.1. The Hall–Kier alpha value is -2.61. The Morgan fingerprint density at radius 1 is 1.39 bits per heavy atom. The molecule has 0 unspecified atom stereocenters. The molecule has 0 radical (unpaired) electrons. The van der Waals surface area contributed by atoms with Crippen molar-refractivity contribution < 1.29 is 19.0 Å². The molecule has 3 N–H and O–H groups in total. The quantitative estimate of drug-likeness (QED) is 0.835. The van der Waals surface area contributed by atoms with Gasteiger partial charge < -0.3 is 25.0 Å². The van der Waals surface area contributed by atoms with Gasteiger partial charge in [0.2, 0.25) is 5.43 Å². The minimum absolute atomic E-state index is 0.0200. The molecule has 3 heterocycles. The molecule has 1 fully saturated rings. The summed E-state index contributed by atoms with van der Waals surface area (Å²) in [5.74, 6) is -1.05. The van der Waals surface area contributed by atoms with Crippen LogP contribution in [-0.4, -0.2) is 41.4 Å². The molecule has 1 saturated heterocycles. The lowest BCUT2D eigenvalue weighted by Gasteiger charge is -2.31. The molecule has 150 valence electrons. The highest BCUT2D eigenvalue weighted by molar-refractivity contribution is 5.97. The molecular formula is C20H24FN3O4. The third kappa shape index (κ3) is 2.66. The van der Waals surface area contributed by atoms with Crippen LogP contribution in [0.2, 0.25) is 0 Å². The first kappa shape index (κ1) is 18.7. The topological polar surface area (TPSA) is 97.8 Å². The van der Waals surface area contributed by atoms with Gasteiger partial charge in [-0.3, -0.25) is 4.79 Å². The van der Waals surface area contributed by atoms with Gasteiger partial charge in [-0.25, -0.2) is 9.18 Å². The number of halogens is 1. The van der Waals surface area contributed by atoms with E-state index in [1.807, 2.05) is 11.8 Å². The van der Waals surface area contributed by atoms with Crippen LogP contribution in [0.15, 0.2) is 17.1 Å². The standard InChI is InChI=1S/C20H24FN3O4/c1-9(2)12-5-23(7-15(12)22)17-14(21)4-11-16-19(17)28-8-10(3)24(16)6-13(18(11)25)20(26)27/h4,6,9-10,12,15H,5,7-8,22H2,1-3H3,(H,26,27)/t10-,12+,15+/m0/s1. The van der Waals surface area contributed by atoms with Crippen molar-refractivity contribution in [2.45, 2.75) is 32.9 Å². The maximum absolute atomic E-state index is 15.2. The van der Waals surface area contributed by atoms with Crippen molar-refractivity contribution in [3.63, 3.8) is 0 Å². The monoisotopic (exact) mass is 389 g/mol. The molecule has 8 heteroatoms. The Morgan fingerprint density at radius 3 is 2.71 bits per heavy atom. The minimum atomic E-state index is -1.33. The third-order valence-electron chi connectivity index (χ3n) is 5.96. The van der Waals surface area contributed by atoms with Crippen molar-refractivity contribution >= 4 is 22.6 Å². The van der Waals surface area contributed by atoms with E-state index in [2.05, 4.69) is 13.8 Å². The van der Waals surface area contributed by atoms with Crippen molar-refractivity contribution in [1.29, 1.82) is 0 Å². The fourth-order valence-corrected chi connectivity index (χ4v) is 4.40. The first-order valence-electron chi connectivity index (χ1n) is 9.48. The van der Waals surface area contributed by atoms with E-state index < -0.39 is 17.2 Å². The Balaban J connectivity index is 1.97. The number of anilines is 1. The number of carbonyl (C=O) groups is 1. The van der Waals surface area contributed by atoms with Gasteiger partial charge in [0.1, 0.15) is 17.9 Å². The van der Waals surface area contributed by atoms with Gasteiger partial charge >= 0.3 is 5.97 Å². The molecule has 1 aromatic heterocycles. The summed E-state index contributed by atoms with van der Waals surface area (Å²) in [7, 11) is 0. The second kappa shape index (κ2) is 6.48. The molecule has 0 bridgehead atoms. The molecule has 4 rings (SSSR count). The molecule has 3 atom stereocenters. The van der Waals surface area contributed by atoms with Crippen molar-refractivity contribution in [2.24, 2.45) is 17.6 Å². The van der Waals surface area contributed by atoms with Gasteiger partial charge in [0.15, 0.2) is 11.6 Å². The average Bonchev–Trinajstić information content (AvgIpc) is 3.00. The maximum atomic E-state index is 15.2. The van der Waals surface area contributed by atoms with Crippen LogP contribution in [0.3, 0.4) is 0 Å². The molecule has 1 aromatic carbocycles. The average molecular weight is 389 g/mol. The molecule has 0 aliphatic carbocycles. The number of nitrogens with zero attached hydrogens (tertiary/aromatic N) is 2. The number of pyridine rings is 1. The zero-order chi connectivity index (χ0) is 20.3. The van der Waals surface area contributed by atoms with Crippen LogP contribution < -0.4 is 20.8 Å². The number of aromatic nitrogens is 1. The summed E-state index contributed by atoms with van der Waals surface area (Å²) >= 11 is 0. The van der Waals surface area contributed by atoms with Crippen LogP contribution >= 0.6 is 0 Å². The lowest BCUT2D eigenvalue weighted by Crippen LogP contribution is -2.32. The van der Waals surface area contributed by atoms with Crippen LogP contribution in [0.25, 0.3) is 10.9 Å². The number of benzene rings is 1. The number of carboxylic acids is 1. The van der Waals surface area contributed by atoms with E-state index in [0.717, 1.165) is 6.07 Å². The fourth-order valence-electron chi connectivity index (χ4n) is 4.40. The van der Waals surface area contributed by atoms with E-state index in [1.165, 1.54) is 6.20 Å². The van der Waals surface area contributed by atoms with E-state index in [9.17, 15) is 14.7 Å². The van der Waals surface area contributed by atoms with Gasteiger partial charge in [-0.05, 0) is 24.8 Å². The van der Waals surface area contributed by atoms with Gasteiger partial charge in [-0.1, -0.05) is 13.8 Å². The molecule has 7 nitrogen and oxygen atoms in total. The number of aromatic carboxylic acids is 1. The molecule has 2 aliphatic rings. The van der Waals surface area contributed by atoms with Gasteiger partial charge in [-0.2, -0.15) is 0 Å². The highest BCUT2D eigenvalue weighted by Gasteiger charge is 2.37. The van der Waals surface area contributed by atoms with E-state index in [1.54, 1.807) is 4.57 Å². The molecular weight excluding hydrogens is 365 g/mol. The first-order chi connectivity index (χ1) is 13.2. The Bertz CT molecular complexity index is 1030. The summed E-state index contributed by atoms with van der Waals surface area (Å²) < 4.78 is 22.8. The van der Waals surface area contributed by atoms with Crippen LogP contribution in [0.1, 0.15) is 37.2 Å². The largest absolute Gasteiger partial charge is 0.487 e. The van der Waals surface area contributed by atoms with Crippen LogP contribution in [-0.2, 0) is 0 Å². The number of hydrogen-bond donors (Lipinski definition) is 2. The van der Waals surface area contributed by atoms with Gasteiger partial charge in [-0.15, -0.1) is 0 Å². The summed E-state index contributed by atoms with van der Waals surface area (Å²) in [4.78, 5) is 26.0. The number of nitrogens with two attached hydrogens (primary N) is 1. The van der Waals surface area contributed by atoms with E-state index in [-0.39, 0.29) is 35.6 Å². The predicted molar refractivity (Wildman–Crippen MR) is 104 cm³/mol. The fraction of sp³-hybridized carbons (Fsp3) is 0.500. The van der Waals surface area contributed by atoms with E-state index >= 15 is 4.39 Å². The van der Waals surface area contributed by atoms with Crippen molar-refractivity contribution in [2.75, 3.05) is 24.6 Å². The maximum Gasteiger partial charge on any atom is 0.341 e. The normalized spacial score (nSPS) is 24.1. The lowest BCUT2D eigenvalue weighted by molar-refractivity contribution is 0.0694. The van der Waals surface area contributed by atoms with E-state index in [0.29, 0.717) is 36.0 Å². The van der Waals surface area contributed by atoms with E-state index in [4.69, 9.17) is 10.5 Å². The molecule has 0 amide bonds. The third-order valence-corrected chi connectivity index (χ3v) is 5.96. The molecule has 0 saturated carbocycles. The second-order valence-electron chi connectivity index (χ2n) is 8.15. The van der Waals surface area contributed by atoms with Crippen molar-refractivity contribution in [3.05, 3.63) is 33.9 Å². The number of hydrogen-bond acceptors (Lipinski definition) is 5. The number of carboxylic acid groups (broad SMARTS) is 1. The van der Waals surface area contributed by atoms with Gasteiger partial charge in [0.25, 0.3) is 0 Å². The Labute approximate surface area is 161 Å². The predicted octanol–water partition coefficient (Wildman–Crippen LogP) is 2.21. The summed E-state index contributed by atoms with van der Waals surface area (Å²) in [6, 6.07) is 0.868. The van der Waals surface area contributed by atoms with Crippen molar-refractivity contribution in [3.8, 4) is 5.75 Å². The van der Waals surface area contributed by atoms with Gasteiger partial charge in [0.05, 0.1) is 16.9 Å². The second-order valence-corrected chi connectivity index (χ2v) is 8.15. The van der Waals surface area contributed by atoms with Gasteiger partial charge in [0, 0.05) is 25.3 Å². The summed E-state index contributed by atoms with van der Waals surface area (Å²) in [6.07, 6.45) is 1.33. The summed E-state index contributed by atoms with van der Waals surface area (Å²) in [5, 5.41) is 9.38. The SMILES string of the molecule is CC(C)[C@H]1CN(c2c(F)cc3c(=O)c(C(=O)O)cn4c3c2OC[C@@H]4C)C[C@H]1N. The van der Waals surface area contributed by atoms with Crippen LogP contribution in [0.5, 0.6) is 5.75 Å². The molecule has 28 heavy (non-hydrogen) atoms. The van der Waals surface area contributed by atoms with Crippen LogP contribution in [0, 0.1) is 17.7 Å². The molecule has 0 spiro atoms. The number of ether oxygens (including phenoxy) is 1. The minimum Gasteiger partial charge on any atom is -0.487 e. The molecule has 2 aromatic rings.